The fourth-order valence-electron chi connectivity index (χ4n) is 4.07. The molecule has 4 aromatic rings. The van der Waals surface area contributed by atoms with Crippen LogP contribution in [-0.2, 0) is 7.05 Å². The molecule has 1 amide bonds. The zero-order valence-electron chi connectivity index (χ0n) is 20.6. The maximum absolute atomic E-state index is 13.3. The average molecular weight is 494 g/mol. The maximum Gasteiger partial charge on any atom is 0.272 e. The molecule has 3 aromatic heterocycles. The van der Waals surface area contributed by atoms with Crippen molar-refractivity contribution in [3.8, 4) is 11.3 Å². The van der Waals surface area contributed by atoms with E-state index < -0.39 is 0 Å². The number of halogens is 1. The van der Waals surface area contributed by atoms with Crippen LogP contribution in [0.3, 0.4) is 0 Å². The number of benzene rings is 1. The van der Waals surface area contributed by atoms with Crippen LogP contribution in [0.15, 0.2) is 45.9 Å². The molecule has 9 heteroatoms. The Kier molecular flexibility index (Phi) is 6.67. The molecule has 8 nitrogen and oxygen atoms in total. The number of nitrogens with one attached hydrogen (secondary N) is 2. The highest BCUT2D eigenvalue weighted by Gasteiger charge is 2.22. The van der Waals surface area contributed by atoms with Crippen LogP contribution in [0, 0.1) is 13.8 Å². The molecule has 0 aliphatic rings. The van der Waals surface area contributed by atoms with Gasteiger partial charge in [-0.2, -0.15) is 5.10 Å². The Hall–Kier alpha value is -3.65. The molecule has 0 bridgehead atoms. The Bertz CT molecular complexity index is 1490. The fraction of sp³-hybridized carbons (Fsp3) is 0.308. The number of nitrogens with zero attached hydrogens (tertiary/aromatic N) is 3. The number of amides is 1. The number of hydrogen-bond acceptors (Lipinski definition) is 6. The van der Waals surface area contributed by atoms with Gasteiger partial charge >= 0.3 is 0 Å². The van der Waals surface area contributed by atoms with Gasteiger partial charge in [0.1, 0.15) is 16.5 Å². The minimum Gasteiger partial charge on any atom is -0.455 e. The zero-order chi connectivity index (χ0) is 25.4. The van der Waals surface area contributed by atoms with E-state index in [1.807, 2.05) is 53.1 Å². The Balaban J connectivity index is 1.83. The molecule has 0 saturated heterocycles. The Labute approximate surface area is 208 Å². The molecule has 0 fully saturated rings. The topological polar surface area (TPSA) is 102 Å². The quantitative estimate of drug-likeness (QED) is 0.359. The van der Waals surface area contributed by atoms with E-state index >= 15 is 0 Å². The molecule has 0 radical (unpaired) electrons. The number of fused-ring (bicyclic) bond motifs is 1. The van der Waals surface area contributed by atoms with Crippen molar-refractivity contribution in [1.82, 2.24) is 20.1 Å². The van der Waals surface area contributed by atoms with Crippen LogP contribution in [0.1, 0.15) is 54.0 Å². The largest absolute Gasteiger partial charge is 0.455 e. The summed E-state index contributed by atoms with van der Waals surface area (Å²) in [6.07, 6.45) is 3.48. The molecule has 182 valence electrons. The van der Waals surface area contributed by atoms with E-state index in [9.17, 15) is 9.59 Å². The molecule has 3 heterocycles. The number of pyridine rings is 1. The van der Waals surface area contributed by atoms with E-state index in [4.69, 9.17) is 16.0 Å². The molecule has 35 heavy (non-hydrogen) atoms. The Morgan fingerprint density at radius 3 is 2.57 bits per heavy atom. The van der Waals surface area contributed by atoms with E-state index in [1.54, 1.807) is 29.9 Å². The standard InChI is InChI=1S/C26H28ClN5O3/c1-13(2)29-26(34)22-20(7-8-21(27)31-22)30-16(5)18-9-14(3)10-19-23(33)15(4)24(35-25(18)19)17-11-28-32(6)12-17/h7-13,16,30H,1-6H3,(H,29,34). The summed E-state index contributed by atoms with van der Waals surface area (Å²) in [6, 6.07) is 6.78. The minimum atomic E-state index is -0.327. The highest BCUT2D eigenvalue weighted by Crippen LogP contribution is 2.32. The molecule has 0 saturated carbocycles. The van der Waals surface area contributed by atoms with Crippen molar-refractivity contribution in [3.05, 3.63) is 74.4 Å². The highest BCUT2D eigenvalue weighted by molar-refractivity contribution is 6.29. The first kappa shape index (κ1) is 24.5. The second kappa shape index (κ2) is 9.54. The number of rotatable bonds is 6. The van der Waals surface area contributed by atoms with Crippen LogP contribution in [0.25, 0.3) is 22.3 Å². The van der Waals surface area contributed by atoms with Crippen LogP contribution in [0.4, 0.5) is 5.69 Å². The lowest BCUT2D eigenvalue weighted by Gasteiger charge is -2.20. The molecule has 2 N–H and O–H groups in total. The number of carbonyl (C=O) groups is 1. The third kappa shape index (κ3) is 4.93. The van der Waals surface area contributed by atoms with Gasteiger partial charge in [-0.05, 0) is 58.4 Å². The van der Waals surface area contributed by atoms with Crippen molar-refractivity contribution in [3.63, 3.8) is 0 Å². The molecule has 1 unspecified atom stereocenters. The predicted octanol–water partition coefficient (Wildman–Crippen LogP) is 5.17. The van der Waals surface area contributed by atoms with Gasteiger partial charge in [-0.15, -0.1) is 0 Å². The van der Waals surface area contributed by atoms with E-state index in [2.05, 4.69) is 20.7 Å². The smallest absolute Gasteiger partial charge is 0.272 e. The maximum atomic E-state index is 13.3. The monoisotopic (exact) mass is 493 g/mol. The molecule has 4 rings (SSSR count). The summed E-state index contributed by atoms with van der Waals surface area (Å²) in [5.41, 5.74) is 4.08. The lowest BCUT2D eigenvalue weighted by Crippen LogP contribution is -2.31. The Morgan fingerprint density at radius 1 is 1.17 bits per heavy atom. The molecule has 0 aliphatic heterocycles. The molecule has 1 aromatic carbocycles. The molecular formula is C26H28ClN5O3. The van der Waals surface area contributed by atoms with E-state index in [1.165, 1.54) is 0 Å². The molecule has 0 aliphatic carbocycles. The van der Waals surface area contributed by atoms with Gasteiger partial charge in [-0.3, -0.25) is 14.3 Å². The fourth-order valence-corrected chi connectivity index (χ4v) is 4.22. The van der Waals surface area contributed by atoms with Gasteiger partial charge in [0.15, 0.2) is 11.1 Å². The lowest BCUT2D eigenvalue weighted by molar-refractivity contribution is 0.0939. The van der Waals surface area contributed by atoms with Crippen molar-refractivity contribution in [1.29, 1.82) is 0 Å². The number of aryl methyl sites for hydroxylation is 2. The average Bonchev–Trinajstić information content (AvgIpc) is 3.22. The Morgan fingerprint density at radius 2 is 1.91 bits per heavy atom. The lowest BCUT2D eigenvalue weighted by atomic mass is 9.99. The summed E-state index contributed by atoms with van der Waals surface area (Å²) in [6.45, 7) is 9.39. The van der Waals surface area contributed by atoms with E-state index in [0.29, 0.717) is 28.0 Å². The highest BCUT2D eigenvalue weighted by atomic mass is 35.5. The number of aromatic nitrogens is 3. The van der Waals surface area contributed by atoms with Crippen LogP contribution in [-0.4, -0.2) is 26.7 Å². The van der Waals surface area contributed by atoms with Crippen molar-refractivity contribution >= 4 is 34.2 Å². The van der Waals surface area contributed by atoms with Crippen LogP contribution in [0.5, 0.6) is 0 Å². The molecular weight excluding hydrogens is 466 g/mol. The summed E-state index contributed by atoms with van der Waals surface area (Å²) >= 11 is 6.08. The summed E-state index contributed by atoms with van der Waals surface area (Å²) in [5, 5.41) is 11.2. The summed E-state index contributed by atoms with van der Waals surface area (Å²) in [5.74, 6) is 0.158. The van der Waals surface area contributed by atoms with E-state index in [0.717, 1.165) is 16.7 Å². The summed E-state index contributed by atoms with van der Waals surface area (Å²) in [4.78, 5) is 30.3. The molecule has 0 spiro atoms. The van der Waals surface area contributed by atoms with Gasteiger partial charge in [-0.1, -0.05) is 17.7 Å². The normalized spacial score (nSPS) is 12.2. The first-order valence-electron chi connectivity index (χ1n) is 11.4. The summed E-state index contributed by atoms with van der Waals surface area (Å²) in [7, 11) is 1.81. The van der Waals surface area contributed by atoms with Gasteiger partial charge in [-0.25, -0.2) is 4.98 Å². The van der Waals surface area contributed by atoms with Gasteiger partial charge < -0.3 is 15.1 Å². The predicted molar refractivity (Wildman–Crippen MR) is 138 cm³/mol. The van der Waals surface area contributed by atoms with Crippen molar-refractivity contribution in [2.75, 3.05) is 5.32 Å². The third-order valence-electron chi connectivity index (χ3n) is 5.69. The SMILES string of the molecule is Cc1cc(C(C)Nc2ccc(Cl)nc2C(=O)NC(C)C)c2oc(-c3cnn(C)c3)c(C)c(=O)c2c1. The van der Waals surface area contributed by atoms with Crippen molar-refractivity contribution in [2.24, 2.45) is 7.05 Å². The number of carbonyl (C=O) groups excluding carboxylic acids is 1. The van der Waals surface area contributed by atoms with Crippen LogP contribution in [0.2, 0.25) is 5.15 Å². The third-order valence-corrected chi connectivity index (χ3v) is 5.90. The first-order valence-corrected chi connectivity index (χ1v) is 11.7. The van der Waals surface area contributed by atoms with Gasteiger partial charge in [0.25, 0.3) is 5.91 Å². The van der Waals surface area contributed by atoms with Gasteiger partial charge in [0.2, 0.25) is 0 Å². The van der Waals surface area contributed by atoms with Gasteiger partial charge in [0.05, 0.1) is 28.9 Å². The van der Waals surface area contributed by atoms with Crippen molar-refractivity contribution < 1.29 is 9.21 Å². The van der Waals surface area contributed by atoms with Crippen LogP contribution < -0.4 is 16.1 Å². The second-order valence-corrected chi connectivity index (χ2v) is 9.43. The second-order valence-electron chi connectivity index (χ2n) is 9.04. The van der Waals surface area contributed by atoms with Gasteiger partial charge in [0, 0.05) is 30.4 Å². The van der Waals surface area contributed by atoms with Crippen molar-refractivity contribution in [2.45, 2.75) is 46.7 Å². The number of anilines is 1. The first-order chi connectivity index (χ1) is 16.5. The molecule has 1 atom stereocenters. The summed E-state index contributed by atoms with van der Waals surface area (Å²) < 4.78 is 8.02. The minimum absolute atomic E-state index is 0.0577. The van der Waals surface area contributed by atoms with Crippen LogP contribution >= 0.6 is 11.6 Å². The van der Waals surface area contributed by atoms with E-state index in [-0.39, 0.29) is 34.3 Å². The zero-order valence-corrected chi connectivity index (χ0v) is 21.3. The number of hydrogen-bond donors (Lipinski definition) is 2.